The van der Waals surface area contributed by atoms with Crippen LogP contribution >= 0.6 is 0 Å². The summed E-state index contributed by atoms with van der Waals surface area (Å²) in [5.41, 5.74) is 1.28. The number of carbonyl (C=O) groups is 1. The molecule has 0 radical (unpaired) electrons. The van der Waals surface area contributed by atoms with E-state index in [2.05, 4.69) is 17.0 Å². The third-order valence-electron chi connectivity index (χ3n) is 3.35. The smallest absolute Gasteiger partial charge is 0.407 e. The number of rotatable bonds is 3. The zero-order chi connectivity index (χ0) is 12.3. The first-order valence-corrected chi connectivity index (χ1v) is 5.89. The fraction of sp³-hybridized carbons (Fsp3) is 0.462. The molecule has 0 aliphatic carbocycles. The SMILES string of the molecule is CN(C(=O)O)[C@@H]1CCN(Cc2ccccc2)C1. The van der Waals surface area contributed by atoms with Crippen LogP contribution in [0.4, 0.5) is 4.79 Å². The van der Waals surface area contributed by atoms with Crippen LogP contribution in [0.2, 0.25) is 0 Å². The van der Waals surface area contributed by atoms with Crippen molar-refractivity contribution in [2.75, 3.05) is 20.1 Å². The molecular formula is C13H18N2O2. The summed E-state index contributed by atoms with van der Waals surface area (Å²) < 4.78 is 0. The third-order valence-corrected chi connectivity index (χ3v) is 3.35. The number of benzene rings is 1. The minimum Gasteiger partial charge on any atom is -0.465 e. The van der Waals surface area contributed by atoms with E-state index in [1.54, 1.807) is 7.05 Å². The first-order chi connectivity index (χ1) is 8.16. The van der Waals surface area contributed by atoms with Crippen molar-refractivity contribution >= 4 is 6.09 Å². The van der Waals surface area contributed by atoms with Crippen LogP contribution in [0, 0.1) is 0 Å². The van der Waals surface area contributed by atoms with E-state index in [1.165, 1.54) is 10.5 Å². The first kappa shape index (κ1) is 11.9. The molecule has 92 valence electrons. The van der Waals surface area contributed by atoms with Gasteiger partial charge in [0.05, 0.1) is 0 Å². The highest BCUT2D eigenvalue weighted by Gasteiger charge is 2.27. The van der Waals surface area contributed by atoms with Crippen LogP contribution in [0.25, 0.3) is 0 Å². The molecule has 1 aromatic rings. The van der Waals surface area contributed by atoms with E-state index >= 15 is 0 Å². The van der Waals surface area contributed by atoms with Crippen molar-refractivity contribution in [1.82, 2.24) is 9.80 Å². The molecule has 1 heterocycles. The molecule has 1 aliphatic heterocycles. The van der Waals surface area contributed by atoms with E-state index in [0.717, 1.165) is 26.1 Å². The molecule has 1 amide bonds. The van der Waals surface area contributed by atoms with Crippen molar-refractivity contribution in [3.8, 4) is 0 Å². The zero-order valence-corrected chi connectivity index (χ0v) is 10.0. The molecule has 1 atom stereocenters. The highest BCUT2D eigenvalue weighted by molar-refractivity contribution is 5.65. The molecule has 1 saturated heterocycles. The van der Waals surface area contributed by atoms with Gasteiger partial charge in [-0.3, -0.25) is 4.90 Å². The van der Waals surface area contributed by atoms with Gasteiger partial charge >= 0.3 is 6.09 Å². The molecule has 0 saturated carbocycles. The zero-order valence-electron chi connectivity index (χ0n) is 10.0. The van der Waals surface area contributed by atoms with Crippen molar-refractivity contribution in [2.45, 2.75) is 19.0 Å². The summed E-state index contributed by atoms with van der Waals surface area (Å²) in [7, 11) is 1.65. The number of carboxylic acid groups (broad SMARTS) is 1. The molecule has 0 unspecified atom stereocenters. The van der Waals surface area contributed by atoms with E-state index in [1.807, 2.05) is 18.2 Å². The van der Waals surface area contributed by atoms with E-state index in [-0.39, 0.29) is 6.04 Å². The lowest BCUT2D eigenvalue weighted by Gasteiger charge is -2.22. The predicted octanol–water partition coefficient (Wildman–Crippen LogP) is 1.87. The lowest BCUT2D eigenvalue weighted by atomic mass is 10.2. The summed E-state index contributed by atoms with van der Waals surface area (Å²) in [6.45, 7) is 2.71. The summed E-state index contributed by atoms with van der Waals surface area (Å²) in [5, 5.41) is 8.93. The van der Waals surface area contributed by atoms with Crippen molar-refractivity contribution in [1.29, 1.82) is 0 Å². The van der Waals surface area contributed by atoms with E-state index in [4.69, 9.17) is 5.11 Å². The number of amides is 1. The monoisotopic (exact) mass is 234 g/mol. The molecule has 0 aromatic heterocycles. The molecule has 4 nitrogen and oxygen atoms in total. The molecule has 1 N–H and O–H groups in total. The van der Waals surface area contributed by atoms with Gasteiger partial charge in [0.15, 0.2) is 0 Å². The number of hydrogen-bond donors (Lipinski definition) is 1. The summed E-state index contributed by atoms with van der Waals surface area (Å²) in [6, 6.07) is 10.4. The summed E-state index contributed by atoms with van der Waals surface area (Å²) in [6.07, 6.45) is 0.0897. The molecular weight excluding hydrogens is 216 g/mol. The van der Waals surface area contributed by atoms with Gasteiger partial charge < -0.3 is 10.0 Å². The average Bonchev–Trinajstić information content (AvgIpc) is 2.77. The number of hydrogen-bond acceptors (Lipinski definition) is 2. The average molecular weight is 234 g/mol. The second kappa shape index (κ2) is 5.19. The van der Waals surface area contributed by atoms with Gasteiger partial charge in [-0.2, -0.15) is 0 Å². The Bertz CT molecular complexity index is 380. The van der Waals surface area contributed by atoms with Crippen LogP contribution in [0.1, 0.15) is 12.0 Å². The largest absolute Gasteiger partial charge is 0.465 e. The van der Waals surface area contributed by atoms with Gasteiger partial charge in [-0.15, -0.1) is 0 Å². The van der Waals surface area contributed by atoms with Crippen LogP contribution in [-0.2, 0) is 6.54 Å². The van der Waals surface area contributed by atoms with Crippen LogP contribution < -0.4 is 0 Å². The van der Waals surface area contributed by atoms with Crippen LogP contribution in [0.15, 0.2) is 30.3 Å². The minimum absolute atomic E-state index is 0.135. The second-order valence-corrected chi connectivity index (χ2v) is 4.56. The van der Waals surface area contributed by atoms with E-state index < -0.39 is 6.09 Å². The van der Waals surface area contributed by atoms with Gasteiger partial charge in [0.25, 0.3) is 0 Å². The Morgan fingerprint density at radius 1 is 1.47 bits per heavy atom. The van der Waals surface area contributed by atoms with Gasteiger partial charge in [0.1, 0.15) is 0 Å². The Morgan fingerprint density at radius 2 is 2.18 bits per heavy atom. The quantitative estimate of drug-likeness (QED) is 0.868. The molecule has 4 heteroatoms. The van der Waals surface area contributed by atoms with Crippen molar-refractivity contribution in [3.05, 3.63) is 35.9 Å². The molecule has 2 rings (SSSR count). The van der Waals surface area contributed by atoms with Crippen LogP contribution in [0.5, 0.6) is 0 Å². The number of likely N-dealkylation sites (tertiary alicyclic amines) is 1. The van der Waals surface area contributed by atoms with Crippen molar-refractivity contribution < 1.29 is 9.90 Å². The standard InChI is InChI=1S/C13H18N2O2/c1-14(13(16)17)12-7-8-15(10-12)9-11-5-3-2-4-6-11/h2-6,12H,7-10H2,1H3,(H,16,17)/t12-/m1/s1. The van der Waals surface area contributed by atoms with E-state index in [9.17, 15) is 4.79 Å². The van der Waals surface area contributed by atoms with Gasteiger partial charge in [0, 0.05) is 32.7 Å². The van der Waals surface area contributed by atoms with Gasteiger partial charge in [-0.05, 0) is 12.0 Å². The Labute approximate surface area is 101 Å². The maximum Gasteiger partial charge on any atom is 0.407 e. The van der Waals surface area contributed by atoms with Crippen molar-refractivity contribution in [2.24, 2.45) is 0 Å². The third kappa shape index (κ3) is 2.97. The van der Waals surface area contributed by atoms with Gasteiger partial charge in [0.2, 0.25) is 0 Å². The van der Waals surface area contributed by atoms with E-state index in [0.29, 0.717) is 0 Å². The predicted molar refractivity (Wildman–Crippen MR) is 65.9 cm³/mol. The maximum atomic E-state index is 10.9. The lowest BCUT2D eigenvalue weighted by molar-refractivity contribution is 0.138. The second-order valence-electron chi connectivity index (χ2n) is 4.56. The highest BCUT2D eigenvalue weighted by atomic mass is 16.4. The summed E-state index contributed by atoms with van der Waals surface area (Å²) in [5.74, 6) is 0. The fourth-order valence-corrected chi connectivity index (χ4v) is 2.27. The number of likely N-dealkylation sites (N-methyl/N-ethyl adjacent to an activating group) is 1. The fourth-order valence-electron chi connectivity index (χ4n) is 2.27. The van der Waals surface area contributed by atoms with Gasteiger partial charge in [-0.1, -0.05) is 30.3 Å². The molecule has 1 aromatic carbocycles. The van der Waals surface area contributed by atoms with Crippen LogP contribution in [-0.4, -0.2) is 47.2 Å². The molecule has 1 aliphatic rings. The topological polar surface area (TPSA) is 43.8 Å². The summed E-state index contributed by atoms with van der Waals surface area (Å²) in [4.78, 5) is 14.6. The molecule has 0 bridgehead atoms. The normalized spacial score (nSPS) is 20.4. The first-order valence-electron chi connectivity index (χ1n) is 5.89. The minimum atomic E-state index is -0.837. The lowest BCUT2D eigenvalue weighted by Crippen LogP contribution is -2.37. The Balaban J connectivity index is 1.88. The van der Waals surface area contributed by atoms with Crippen LogP contribution in [0.3, 0.4) is 0 Å². The van der Waals surface area contributed by atoms with Crippen molar-refractivity contribution in [3.63, 3.8) is 0 Å². The Morgan fingerprint density at radius 3 is 2.82 bits per heavy atom. The Kier molecular flexibility index (Phi) is 3.64. The maximum absolute atomic E-state index is 10.9. The van der Waals surface area contributed by atoms with Gasteiger partial charge in [-0.25, -0.2) is 4.79 Å². The molecule has 1 fully saturated rings. The highest BCUT2D eigenvalue weighted by Crippen LogP contribution is 2.17. The Hall–Kier alpha value is -1.55. The molecule has 17 heavy (non-hydrogen) atoms. The summed E-state index contributed by atoms with van der Waals surface area (Å²) >= 11 is 0. The number of nitrogens with zero attached hydrogens (tertiary/aromatic N) is 2. The molecule has 0 spiro atoms.